The zero-order valence-corrected chi connectivity index (χ0v) is 15.0. The summed E-state index contributed by atoms with van der Waals surface area (Å²) in [5.74, 6) is 3.13. The molecular formula is C19H26N4O2. The van der Waals surface area contributed by atoms with E-state index in [0.717, 1.165) is 50.2 Å². The van der Waals surface area contributed by atoms with Crippen molar-refractivity contribution in [3.8, 4) is 5.75 Å². The predicted molar refractivity (Wildman–Crippen MR) is 94.5 cm³/mol. The van der Waals surface area contributed by atoms with Crippen LogP contribution in [0.5, 0.6) is 5.75 Å². The second kappa shape index (κ2) is 7.14. The molecule has 0 amide bonds. The molecule has 0 N–H and O–H groups in total. The third-order valence-corrected chi connectivity index (χ3v) is 5.28. The molecule has 2 heterocycles. The van der Waals surface area contributed by atoms with Gasteiger partial charge in [0.25, 0.3) is 0 Å². The quantitative estimate of drug-likeness (QED) is 0.805. The number of ether oxygens (including phenoxy) is 1. The maximum absolute atomic E-state index is 5.50. The molecule has 134 valence electrons. The maximum Gasteiger partial charge on any atom is 0.243 e. The van der Waals surface area contributed by atoms with E-state index in [1.807, 2.05) is 12.1 Å². The van der Waals surface area contributed by atoms with Gasteiger partial charge in [0.1, 0.15) is 5.75 Å². The molecular weight excluding hydrogens is 316 g/mol. The number of aromatic nitrogens is 2. The summed E-state index contributed by atoms with van der Waals surface area (Å²) in [6.07, 6.45) is 2.41. The van der Waals surface area contributed by atoms with Crippen LogP contribution in [0.25, 0.3) is 0 Å². The third-order valence-electron chi connectivity index (χ3n) is 5.28. The van der Waals surface area contributed by atoms with Crippen LogP contribution in [0.15, 0.2) is 28.8 Å². The molecule has 25 heavy (non-hydrogen) atoms. The molecule has 1 saturated heterocycles. The van der Waals surface area contributed by atoms with E-state index in [-0.39, 0.29) is 6.04 Å². The van der Waals surface area contributed by atoms with E-state index >= 15 is 0 Å². The van der Waals surface area contributed by atoms with Gasteiger partial charge in [-0.15, -0.1) is 0 Å². The molecule has 1 aliphatic carbocycles. The van der Waals surface area contributed by atoms with Gasteiger partial charge in [0, 0.05) is 38.6 Å². The number of methoxy groups -OCH3 is 1. The summed E-state index contributed by atoms with van der Waals surface area (Å²) >= 11 is 0. The van der Waals surface area contributed by atoms with Crippen molar-refractivity contribution in [1.82, 2.24) is 19.9 Å². The second-order valence-electron chi connectivity index (χ2n) is 7.10. The molecule has 4 rings (SSSR count). The average molecular weight is 342 g/mol. The number of hydrogen-bond acceptors (Lipinski definition) is 6. The number of nitrogens with zero attached hydrogens (tertiary/aromatic N) is 4. The Morgan fingerprint density at radius 2 is 1.88 bits per heavy atom. The van der Waals surface area contributed by atoms with Gasteiger partial charge in [-0.05, 0) is 37.5 Å². The molecule has 0 unspecified atom stereocenters. The standard InChI is InChI=1S/C19H26N4O2/c1-14(19-20-18(21-25-19)16-5-6-16)23-11-9-22(10-12-23)13-15-3-7-17(24-2)8-4-15/h3-4,7-8,14,16H,5-6,9-13H2,1-2H3/t14-/m0/s1. The van der Waals surface area contributed by atoms with Crippen LogP contribution in [-0.2, 0) is 6.54 Å². The monoisotopic (exact) mass is 342 g/mol. The van der Waals surface area contributed by atoms with E-state index in [2.05, 4.69) is 39.0 Å². The molecule has 2 aromatic rings. The first-order chi connectivity index (χ1) is 12.2. The van der Waals surface area contributed by atoms with Gasteiger partial charge >= 0.3 is 0 Å². The Hall–Kier alpha value is -1.92. The van der Waals surface area contributed by atoms with Crippen molar-refractivity contribution in [1.29, 1.82) is 0 Å². The molecule has 1 aromatic carbocycles. The molecule has 0 bridgehead atoms. The first-order valence-corrected chi connectivity index (χ1v) is 9.16. The highest BCUT2D eigenvalue weighted by atomic mass is 16.5. The Balaban J connectivity index is 1.29. The number of piperazine rings is 1. The first kappa shape index (κ1) is 16.5. The van der Waals surface area contributed by atoms with Gasteiger partial charge in [-0.2, -0.15) is 4.98 Å². The Labute approximate surface area is 148 Å². The van der Waals surface area contributed by atoms with Crippen molar-refractivity contribution in [3.63, 3.8) is 0 Å². The molecule has 1 aliphatic heterocycles. The first-order valence-electron chi connectivity index (χ1n) is 9.16. The minimum atomic E-state index is 0.197. The van der Waals surface area contributed by atoms with Crippen LogP contribution in [0.1, 0.15) is 49.0 Å². The lowest BCUT2D eigenvalue weighted by Gasteiger charge is -2.36. The largest absolute Gasteiger partial charge is 0.497 e. The zero-order chi connectivity index (χ0) is 17.2. The van der Waals surface area contributed by atoms with Gasteiger partial charge in [-0.3, -0.25) is 9.80 Å². The minimum Gasteiger partial charge on any atom is -0.497 e. The smallest absolute Gasteiger partial charge is 0.243 e. The molecule has 2 aliphatic rings. The summed E-state index contributed by atoms with van der Waals surface area (Å²) in [4.78, 5) is 9.54. The summed E-state index contributed by atoms with van der Waals surface area (Å²) in [7, 11) is 1.70. The summed E-state index contributed by atoms with van der Waals surface area (Å²) < 4.78 is 10.7. The van der Waals surface area contributed by atoms with Gasteiger partial charge in [0.05, 0.1) is 13.2 Å². The van der Waals surface area contributed by atoms with Crippen molar-refractivity contribution in [2.75, 3.05) is 33.3 Å². The second-order valence-corrected chi connectivity index (χ2v) is 7.10. The fraction of sp³-hybridized carbons (Fsp3) is 0.579. The van der Waals surface area contributed by atoms with Gasteiger partial charge < -0.3 is 9.26 Å². The fourth-order valence-electron chi connectivity index (χ4n) is 3.38. The lowest BCUT2D eigenvalue weighted by Crippen LogP contribution is -2.46. The normalized spacial score (nSPS) is 20.6. The highest BCUT2D eigenvalue weighted by Crippen LogP contribution is 2.38. The highest BCUT2D eigenvalue weighted by molar-refractivity contribution is 5.27. The molecule has 6 heteroatoms. The van der Waals surface area contributed by atoms with Crippen LogP contribution < -0.4 is 4.74 Å². The Kier molecular flexibility index (Phi) is 4.72. The molecule has 0 spiro atoms. The van der Waals surface area contributed by atoms with Crippen LogP contribution in [0.2, 0.25) is 0 Å². The van der Waals surface area contributed by atoms with E-state index in [9.17, 15) is 0 Å². The third kappa shape index (κ3) is 3.85. The van der Waals surface area contributed by atoms with Gasteiger partial charge in [0.2, 0.25) is 5.89 Å². The van der Waals surface area contributed by atoms with Gasteiger partial charge in [-0.1, -0.05) is 17.3 Å². The summed E-state index contributed by atoms with van der Waals surface area (Å²) in [6.45, 7) is 7.32. The SMILES string of the molecule is COc1ccc(CN2CCN([C@@H](C)c3nc(C4CC4)no3)CC2)cc1. The van der Waals surface area contributed by atoms with E-state index in [1.54, 1.807) is 7.11 Å². The number of rotatable bonds is 6. The lowest BCUT2D eigenvalue weighted by atomic mass is 10.1. The van der Waals surface area contributed by atoms with Crippen LogP contribution in [0.3, 0.4) is 0 Å². The van der Waals surface area contributed by atoms with Crippen molar-refractivity contribution in [3.05, 3.63) is 41.5 Å². The lowest BCUT2D eigenvalue weighted by molar-refractivity contribution is 0.0845. The van der Waals surface area contributed by atoms with Crippen LogP contribution in [-0.4, -0.2) is 53.2 Å². The summed E-state index contributed by atoms with van der Waals surface area (Å²) in [5.41, 5.74) is 1.33. The van der Waals surface area contributed by atoms with Crippen LogP contribution in [0.4, 0.5) is 0 Å². The zero-order valence-electron chi connectivity index (χ0n) is 15.0. The predicted octanol–water partition coefficient (Wildman–Crippen LogP) is 2.83. The molecule has 6 nitrogen and oxygen atoms in total. The van der Waals surface area contributed by atoms with E-state index < -0.39 is 0 Å². The van der Waals surface area contributed by atoms with Crippen molar-refractivity contribution >= 4 is 0 Å². The summed E-state index contributed by atoms with van der Waals surface area (Å²) in [5, 5.41) is 4.15. The topological polar surface area (TPSA) is 54.6 Å². The molecule has 1 aromatic heterocycles. The minimum absolute atomic E-state index is 0.197. The van der Waals surface area contributed by atoms with E-state index in [4.69, 9.17) is 9.26 Å². The van der Waals surface area contributed by atoms with Gasteiger partial charge in [0.15, 0.2) is 5.82 Å². The Morgan fingerprint density at radius 3 is 2.52 bits per heavy atom. The van der Waals surface area contributed by atoms with E-state index in [0.29, 0.717) is 5.92 Å². The van der Waals surface area contributed by atoms with Crippen molar-refractivity contribution in [2.45, 2.75) is 38.3 Å². The Morgan fingerprint density at radius 1 is 1.16 bits per heavy atom. The number of benzene rings is 1. The summed E-state index contributed by atoms with van der Waals surface area (Å²) in [6, 6.07) is 8.54. The van der Waals surface area contributed by atoms with Crippen LogP contribution in [0, 0.1) is 0 Å². The number of hydrogen-bond donors (Lipinski definition) is 0. The highest BCUT2D eigenvalue weighted by Gasteiger charge is 2.31. The van der Waals surface area contributed by atoms with E-state index in [1.165, 1.54) is 18.4 Å². The average Bonchev–Trinajstić information content (AvgIpc) is 3.39. The molecule has 1 atom stereocenters. The van der Waals surface area contributed by atoms with Crippen LogP contribution >= 0.6 is 0 Å². The van der Waals surface area contributed by atoms with Crippen molar-refractivity contribution in [2.24, 2.45) is 0 Å². The fourth-order valence-corrected chi connectivity index (χ4v) is 3.38. The maximum atomic E-state index is 5.50. The van der Waals surface area contributed by atoms with Gasteiger partial charge in [-0.25, -0.2) is 0 Å². The molecule has 1 saturated carbocycles. The van der Waals surface area contributed by atoms with Crippen molar-refractivity contribution < 1.29 is 9.26 Å². The molecule has 2 fully saturated rings. The Bertz CT molecular complexity index is 688. The molecule has 0 radical (unpaired) electrons.